The first kappa shape index (κ1) is 7.53. The van der Waals surface area contributed by atoms with Crippen LogP contribution in [0.15, 0.2) is 6.07 Å². The summed E-state index contributed by atoms with van der Waals surface area (Å²) in [7, 11) is 0. The zero-order valence-electron chi connectivity index (χ0n) is 5.92. The van der Waals surface area contributed by atoms with Crippen LogP contribution in [0, 0.1) is 6.92 Å². The van der Waals surface area contributed by atoms with E-state index in [1.807, 2.05) is 0 Å². The third-order valence-corrected chi connectivity index (χ3v) is 1.35. The number of Topliss-reactive ketones (excluding diaryl/α,β-unsaturated/α-hetero) is 1. The van der Waals surface area contributed by atoms with Crippen molar-refractivity contribution in [2.45, 2.75) is 6.92 Å². The van der Waals surface area contributed by atoms with Gasteiger partial charge >= 0.3 is 0 Å². The van der Waals surface area contributed by atoms with Crippen molar-refractivity contribution < 1.29 is 14.7 Å². The van der Waals surface area contributed by atoms with E-state index in [1.54, 1.807) is 6.92 Å². The van der Waals surface area contributed by atoms with Crippen molar-refractivity contribution in [3.05, 3.63) is 17.3 Å². The largest absolute Gasteiger partial charge is 0.495 e. The van der Waals surface area contributed by atoms with Gasteiger partial charge in [-0.15, -0.1) is 0 Å². The van der Waals surface area contributed by atoms with E-state index < -0.39 is 5.78 Å². The monoisotopic (exact) mass is 153 g/mol. The third kappa shape index (κ3) is 1.29. The van der Waals surface area contributed by atoms with Gasteiger partial charge in [-0.3, -0.25) is 9.59 Å². The minimum Gasteiger partial charge on any atom is -0.495 e. The van der Waals surface area contributed by atoms with Crippen molar-refractivity contribution in [1.82, 2.24) is 4.98 Å². The molecule has 0 unspecified atom stereocenters. The predicted molar refractivity (Wildman–Crippen MR) is 37.6 cm³/mol. The highest BCUT2D eigenvalue weighted by Crippen LogP contribution is 2.13. The molecule has 1 aromatic heterocycles. The number of H-pyrrole nitrogens is 1. The molecule has 1 heterocycles. The summed E-state index contributed by atoms with van der Waals surface area (Å²) in [5.41, 5.74) is 0.720. The number of aromatic amines is 1. The molecule has 0 saturated heterocycles. The van der Waals surface area contributed by atoms with Gasteiger partial charge in [-0.1, -0.05) is 0 Å². The predicted octanol–water partition coefficient (Wildman–Crippen LogP) is 0.410. The lowest BCUT2D eigenvalue weighted by Crippen LogP contribution is -2.01. The SMILES string of the molecule is Cc1cc(O)[nH]c1C(=O)C=O. The first-order valence-corrected chi connectivity index (χ1v) is 3.03. The van der Waals surface area contributed by atoms with Gasteiger partial charge in [0, 0.05) is 6.07 Å². The summed E-state index contributed by atoms with van der Waals surface area (Å²) in [6.45, 7) is 1.63. The zero-order chi connectivity index (χ0) is 8.43. The van der Waals surface area contributed by atoms with E-state index in [2.05, 4.69) is 4.98 Å². The van der Waals surface area contributed by atoms with Crippen LogP contribution in [-0.4, -0.2) is 22.2 Å². The maximum atomic E-state index is 10.7. The van der Waals surface area contributed by atoms with Crippen molar-refractivity contribution in [1.29, 1.82) is 0 Å². The smallest absolute Gasteiger partial charge is 0.241 e. The summed E-state index contributed by atoms with van der Waals surface area (Å²) in [5, 5.41) is 8.85. The molecule has 1 aromatic rings. The second-order valence-electron chi connectivity index (χ2n) is 2.19. The average Bonchev–Trinajstić information content (AvgIpc) is 2.28. The summed E-state index contributed by atoms with van der Waals surface area (Å²) >= 11 is 0. The molecule has 58 valence electrons. The first-order valence-electron chi connectivity index (χ1n) is 3.03. The molecule has 0 aromatic carbocycles. The normalized spacial score (nSPS) is 9.55. The number of carbonyl (C=O) groups excluding carboxylic acids is 2. The lowest BCUT2D eigenvalue weighted by atomic mass is 10.2. The molecule has 0 spiro atoms. The molecule has 0 fully saturated rings. The van der Waals surface area contributed by atoms with E-state index in [9.17, 15) is 9.59 Å². The van der Waals surface area contributed by atoms with Crippen molar-refractivity contribution in [2.24, 2.45) is 0 Å². The van der Waals surface area contributed by atoms with E-state index in [0.717, 1.165) is 0 Å². The van der Waals surface area contributed by atoms with Crippen LogP contribution < -0.4 is 0 Å². The molecule has 0 aliphatic carbocycles. The van der Waals surface area contributed by atoms with Crippen LogP contribution in [0.5, 0.6) is 5.88 Å². The quantitative estimate of drug-likeness (QED) is 0.367. The Kier molecular flexibility index (Phi) is 1.76. The Morgan fingerprint density at radius 3 is 2.73 bits per heavy atom. The average molecular weight is 153 g/mol. The topological polar surface area (TPSA) is 70.2 Å². The molecular formula is C7H7NO3. The van der Waals surface area contributed by atoms with E-state index >= 15 is 0 Å². The second-order valence-corrected chi connectivity index (χ2v) is 2.19. The fourth-order valence-corrected chi connectivity index (χ4v) is 0.855. The Morgan fingerprint density at radius 2 is 2.36 bits per heavy atom. The van der Waals surface area contributed by atoms with Gasteiger partial charge in [-0.05, 0) is 12.5 Å². The standard InChI is InChI=1S/C7H7NO3/c1-4-2-6(11)8-7(4)5(10)3-9/h2-3,8,11H,1H3. The number of aromatic nitrogens is 1. The number of carbonyl (C=O) groups is 2. The van der Waals surface area contributed by atoms with Crippen LogP contribution in [0.2, 0.25) is 0 Å². The van der Waals surface area contributed by atoms with Gasteiger partial charge in [0.25, 0.3) is 0 Å². The van der Waals surface area contributed by atoms with Crippen molar-refractivity contribution in [2.75, 3.05) is 0 Å². The molecule has 0 radical (unpaired) electrons. The molecule has 11 heavy (non-hydrogen) atoms. The molecule has 0 aliphatic rings. The zero-order valence-corrected chi connectivity index (χ0v) is 5.92. The Bertz CT molecular complexity index is 301. The molecule has 0 atom stereocenters. The van der Waals surface area contributed by atoms with Gasteiger partial charge in [-0.25, -0.2) is 0 Å². The Hall–Kier alpha value is -1.58. The van der Waals surface area contributed by atoms with Crippen LogP contribution in [0.3, 0.4) is 0 Å². The van der Waals surface area contributed by atoms with Gasteiger partial charge in [-0.2, -0.15) is 0 Å². The minimum atomic E-state index is -0.650. The van der Waals surface area contributed by atoms with E-state index in [0.29, 0.717) is 5.56 Å². The fourth-order valence-electron chi connectivity index (χ4n) is 0.855. The number of aromatic hydroxyl groups is 1. The second kappa shape index (κ2) is 2.57. The molecule has 0 saturated carbocycles. The van der Waals surface area contributed by atoms with E-state index in [4.69, 9.17) is 5.11 Å². The van der Waals surface area contributed by atoms with Crippen LogP contribution in [-0.2, 0) is 4.79 Å². The highest BCUT2D eigenvalue weighted by Gasteiger charge is 2.10. The van der Waals surface area contributed by atoms with Crippen molar-refractivity contribution in [3.63, 3.8) is 0 Å². The van der Waals surface area contributed by atoms with Crippen LogP contribution in [0.25, 0.3) is 0 Å². The summed E-state index contributed by atoms with van der Waals surface area (Å²) in [5.74, 6) is -0.754. The fraction of sp³-hybridized carbons (Fsp3) is 0.143. The van der Waals surface area contributed by atoms with E-state index in [-0.39, 0.29) is 17.9 Å². The van der Waals surface area contributed by atoms with Crippen molar-refractivity contribution >= 4 is 12.1 Å². The van der Waals surface area contributed by atoms with E-state index in [1.165, 1.54) is 6.07 Å². The van der Waals surface area contributed by atoms with Gasteiger partial charge in [0.1, 0.15) is 0 Å². The Labute approximate surface area is 62.9 Å². The van der Waals surface area contributed by atoms with Gasteiger partial charge in [0.15, 0.2) is 12.2 Å². The lowest BCUT2D eigenvalue weighted by molar-refractivity contribution is -0.104. The number of rotatable bonds is 2. The molecule has 0 bridgehead atoms. The molecule has 4 heteroatoms. The molecule has 4 nitrogen and oxygen atoms in total. The summed E-state index contributed by atoms with van der Waals surface area (Å²) in [4.78, 5) is 23.1. The third-order valence-electron chi connectivity index (χ3n) is 1.35. The molecule has 0 aliphatic heterocycles. The molecule has 1 rings (SSSR count). The molecule has 2 N–H and O–H groups in total. The number of aldehydes is 1. The highest BCUT2D eigenvalue weighted by atomic mass is 16.3. The molecule has 0 amide bonds. The Balaban J connectivity index is 3.12. The number of hydrogen-bond donors (Lipinski definition) is 2. The van der Waals surface area contributed by atoms with Gasteiger partial charge in [0.05, 0.1) is 5.69 Å². The Morgan fingerprint density at radius 1 is 1.73 bits per heavy atom. The maximum Gasteiger partial charge on any atom is 0.241 e. The number of ketones is 1. The molecular weight excluding hydrogens is 146 g/mol. The number of nitrogens with one attached hydrogen (secondary N) is 1. The number of aryl methyl sites for hydroxylation is 1. The lowest BCUT2D eigenvalue weighted by Gasteiger charge is -1.88. The summed E-state index contributed by atoms with van der Waals surface area (Å²) in [6, 6.07) is 1.39. The maximum absolute atomic E-state index is 10.7. The summed E-state index contributed by atoms with van der Waals surface area (Å²) < 4.78 is 0. The summed E-state index contributed by atoms with van der Waals surface area (Å²) in [6.07, 6.45) is 0.207. The van der Waals surface area contributed by atoms with Crippen LogP contribution >= 0.6 is 0 Å². The van der Waals surface area contributed by atoms with Crippen LogP contribution in [0.4, 0.5) is 0 Å². The van der Waals surface area contributed by atoms with Crippen molar-refractivity contribution in [3.8, 4) is 5.88 Å². The minimum absolute atomic E-state index is 0.104. The van der Waals surface area contributed by atoms with Crippen LogP contribution in [0.1, 0.15) is 16.1 Å². The highest BCUT2D eigenvalue weighted by molar-refractivity contribution is 6.33. The van der Waals surface area contributed by atoms with Gasteiger partial charge in [0.2, 0.25) is 5.78 Å². The van der Waals surface area contributed by atoms with Gasteiger partial charge < -0.3 is 10.1 Å². The first-order chi connectivity index (χ1) is 5.15. The number of hydrogen-bond acceptors (Lipinski definition) is 3.